The number of rotatable bonds is 8. The molecule has 0 fully saturated rings. The van der Waals surface area contributed by atoms with E-state index >= 15 is 0 Å². The highest BCUT2D eigenvalue weighted by molar-refractivity contribution is 6.07. The van der Waals surface area contributed by atoms with Crippen LogP contribution in [0.15, 0.2) is 58.5 Å². The molecule has 0 spiro atoms. The Balaban J connectivity index is 2.18. The number of nitrogens with zero attached hydrogens (tertiary/aromatic N) is 3. The van der Waals surface area contributed by atoms with E-state index in [-0.39, 0.29) is 11.9 Å². The standard InChI is InChI=1S/C24H31N3O3/c1-7-30-22-14-10-20(11-15-22)24(28)27(17(2)3)16-18(4)26-23(25-5)19-8-12-21(29-6)13-9-19/h8-15,17H,7,16H2,1-6H3. The van der Waals surface area contributed by atoms with Crippen LogP contribution in [0.25, 0.3) is 0 Å². The summed E-state index contributed by atoms with van der Waals surface area (Å²) in [5.74, 6) is 2.11. The first kappa shape index (κ1) is 23.1. The van der Waals surface area contributed by atoms with Crippen molar-refractivity contribution < 1.29 is 14.3 Å². The first-order valence-electron chi connectivity index (χ1n) is 10.1. The number of carbonyl (C=O) groups excluding carboxylic acids is 1. The molecule has 0 N–H and O–H groups in total. The number of hydrogen-bond acceptors (Lipinski definition) is 4. The van der Waals surface area contributed by atoms with Crippen LogP contribution >= 0.6 is 0 Å². The van der Waals surface area contributed by atoms with E-state index in [1.54, 1.807) is 31.2 Å². The molecular formula is C24H31N3O3. The number of benzene rings is 2. The number of methoxy groups -OCH3 is 1. The van der Waals surface area contributed by atoms with Crippen molar-refractivity contribution in [3.63, 3.8) is 0 Å². The number of carbonyl (C=O) groups is 1. The van der Waals surface area contributed by atoms with E-state index in [1.807, 2.05) is 64.1 Å². The van der Waals surface area contributed by atoms with E-state index in [0.29, 0.717) is 24.6 Å². The van der Waals surface area contributed by atoms with Gasteiger partial charge in [-0.25, -0.2) is 4.99 Å². The lowest BCUT2D eigenvalue weighted by atomic mass is 10.1. The topological polar surface area (TPSA) is 63.5 Å². The Morgan fingerprint density at radius 2 is 1.57 bits per heavy atom. The highest BCUT2D eigenvalue weighted by atomic mass is 16.5. The zero-order chi connectivity index (χ0) is 22.1. The van der Waals surface area contributed by atoms with Crippen LogP contribution in [-0.4, -0.2) is 55.7 Å². The minimum Gasteiger partial charge on any atom is -0.497 e. The second-order valence-corrected chi connectivity index (χ2v) is 7.11. The van der Waals surface area contributed by atoms with Gasteiger partial charge in [-0.2, -0.15) is 0 Å². The molecule has 0 aliphatic heterocycles. The highest BCUT2D eigenvalue weighted by Crippen LogP contribution is 2.16. The molecule has 2 aromatic rings. The molecule has 0 radical (unpaired) electrons. The van der Waals surface area contributed by atoms with E-state index in [4.69, 9.17) is 9.47 Å². The van der Waals surface area contributed by atoms with Gasteiger partial charge in [-0.15, -0.1) is 0 Å². The molecule has 2 rings (SSSR count). The number of aliphatic imine (C=N–C) groups is 2. The average molecular weight is 410 g/mol. The third-order valence-electron chi connectivity index (χ3n) is 4.55. The molecule has 0 aliphatic rings. The van der Waals surface area contributed by atoms with Gasteiger partial charge in [0.15, 0.2) is 5.84 Å². The zero-order valence-electron chi connectivity index (χ0n) is 18.7. The Morgan fingerprint density at radius 3 is 2.07 bits per heavy atom. The normalized spacial score (nSPS) is 12.1. The summed E-state index contributed by atoms with van der Waals surface area (Å²) in [6.07, 6.45) is 0. The molecule has 6 heteroatoms. The van der Waals surface area contributed by atoms with Crippen molar-refractivity contribution in [3.8, 4) is 11.5 Å². The average Bonchev–Trinajstić information content (AvgIpc) is 2.76. The first-order valence-corrected chi connectivity index (χ1v) is 10.1. The van der Waals surface area contributed by atoms with Gasteiger partial charge in [0.2, 0.25) is 0 Å². The van der Waals surface area contributed by atoms with E-state index in [1.165, 1.54) is 0 Å². The van der Waals surface area contributed by atoms with Gasteiger partial charge in [0.1, 0.15) is 11.5 Å². The summed E-state index contributed by atoms with van der Waals surface area (Å²) in [7, 11) is 3.34. The van der Waals surface area contributed by atoms with Crippen molar-refractivity contribution >= 4 is 17.5 Å². The summed E-state index contributed by atoms with van der Waals surface area (Å²) in [4.78, 5) is 23.9. The SMILES string of the molecule is CCOc1ccc(C(=O)N(CC(C)=NC(=NC)c2ccc(OC)cc2)C(C)C)cc1. The second-order valence-electron chi connectivity index (χ2n) is 7.11. The van der Waals surface area contributed by atoms with Crippen molar-refractivity contribution in [1.29, 1.82) is 0 Å². The summed E-state index contributed by atoms with van der Waals surface area (Å²) in [6, 6.07) is 14.9. The molecular weight excluding hydrogens is 378 g/mol. The Kier molecular flexibility index (Phi) is 8.59. The van der Waals surface area contributed by atoms with Gasteiger partial charge >= 0.3 is 0 Å². The quantitative estimate of drug-likeness (QED) is 0.477. The Labute approximate surface area is 179 Å². The smallest absolute Gasteiger partial charge is 0.254 e. The maximum Gasteiger partial charge on any atom is 0.254 e. The summed E-state index contributed by atoms with van der Waals surface area (Å²) in [6.45, 7) is 8.85. The minimum absolute atomic E-state index is 0.0252. The lowest BCUT2D eigenvalue weighted by Gasteiger charge is -2.27. The molecule has 0 aliphatic carbocycles. The van der Waals surface area contributed by atoms with Gasteiger partial charge < -0.3 is 14.4 Å². The predicted octanol–water partition coefficient (Wildman–Crippen LogP) is 4.48. The zero-order valence-corrected chi connectivity index (χ0v) is 18.7. The molecule has 1 amide bonds. The van der Waals surface area contributed by atoms with Crippen molar-refractivity contribution in [2.24, 2.45) is 9.98 Å². The van der Waals surface area contributed by atoms with Crippen LogP contribution in [0.3, 0.4) is 0 Å². The van der Waals surface area contributed by atoms with Crippen molar-refractivity contribution in [1.82, 2.24) is 4.90 Å². The van der Waals surface area contributed by atoms with Gasteiger partial charge in [0, 0.05) is 29.9 Å². The molecule has 30 heavy (non-hydrogen) atoms. The summed E-state index contributed by atoms with van der Waals surface area (Å²) < 4.78 is 10.7. The molecule has 6 nitrogen and oxygen atoms in total. The predicted molar refractivity (Wildman–Crippen MR) is 122 cm³/mol. The maximum absolute atomic E-state index is 13.1. The molecule has 0 saturated carbocycles. The molecule has 2 aromatic carbocycles. The van der Waals surface area contributed by atoms with Gasteiger partial charge in [-0.1, -0.05) is 0 Å². The van der Waals surface area contributed by atoms with E-state index < -0.39 is 0 Å². The fraction of sp³-hybridized carbons (Fsp3) is 0.375. The van der Waals surface area contributed by atoms with Crippen LogP contribution in [0.2, 0.25) is 0 Å². The van der Waals surface area contributed by atoms with Crippen molar-refractivity contribution in [3.05, 3.63) is 59.7 Å². The Morgan fingerprint density at radius 1 is 1.00 bits per heavy atom. The fourth-order valence-electron chi connectivity index (χ4n) is 2.96. The Bertz CT molecular complexity index is 885. The second kappa shape index (κ2) is 11.1. The van der Waals surface area contributed by atoms with Gasteiger partial charge in [-0.3, -0.25) is 9.79 Å². The lowest BCUT2D eigenvalue weighted by molar-refractivity contribution is 0.0735. The van der Waals surface area contributed by atoms with Crippen LogP contribution in [0.5, 0.6) is 11.5 Å². The van der Waals surface area contributed by atoms with Crippen LogP contribution in [0.1, 0.15) is 43.6 Å². The molecule has 0 atom stereocenters. The monoisotopic (exact) mass is 409 g/mol. The van der Waals surface area contributed by atoms with Crippen molar-refractivity contribution in [2.45, 2.75) is 33.7 Å². The summed E-state index contributed by atoms with van der Waals surface area (Å²) in [5, 5.41) is 0. The van der Waals surface area contributed by atoms with Gasteiger partial charge in [0.25, 0.3) is 5.91 Å². The number of amides is 1. The first-order chi connectivity index (χ1) is 14.4. The summed E-state index contributed by atoms with van der Waals surface area (Å²) >= 11 is 0. The fourth-order valence-corrected chi connectivity index (χ4v) is 2.96. The van der Waals surface area contributed by atoms with Gasteiger partial charge in [0.05, 0.1) is 20.3 Å². The number of amidine groups is 1. The van der Waals surface area contributed by atoms with Crippen molar-refractivity contribution in [2.75, 3.05) is 27.3 Å². The highest BCUT2D eigenvalue weighted by Gasteiger charge is 2.20. The van der Waals surface area contributed by atoms with E-state index in [2.05, 4.69) is 9.98 Å². The van der Waals surface area contributed by atoms with Crippen LogP contribution in [0.4, 0.5) is 0 Å². The molecule has 160 valence electrons. The molecule has 0 aromatic heterocycles. The lowest BCUT2D eigenvalue weighted by Crippen LogP contribution is -2.40. The Hall–Kier alpha value is -3.15. The van der Waals surface area contributed by atoms with E-state index in [0.717, 1.165) is 22.8 Å². The maximum atomic E-state index is 13.1. The number of ether oxygens (including phenoxy) is 2. The van der Waals surface area contributed by atoms with Crippen LogP contribution in [-0.2, 0) is 0 Å². The van der Waals surface area contributed by atoms with E-state index in [9.17, 15) is 4.79 Å². The molecule has 0 unspecified atom stereocenters. The molecule has 0 bridgehead atoms. The minimum atomic E-state index is -0.0398. The van der Waals surface area contributed by atoms with Crippen LogP contribution in [0, 0.1) is 0 Å². The third-order valence-corrected chi connectivity index (χ3v) is 4.55. The van der Waals surface area contributed by atoms with Crippen LogP contribution < -0.4 is 9.47 Å². The third kappa shape index (κ3) is 6.17. The summed E-state index contributed by atoms with van der Waals surface area (Å²) in [5.41, 5.74) is 2.32. The molecule has 0 saturated heterocycles. The van der Waals surface area contributed by atoms with Gasteiger partial charge in [-0.05, 0) is 76.2 Å². The molecule has 0 heterocycles. The largest absolute Gasteiger partial charge is 0.497 e. The number of hydrogen-bond donors (Lipinski definition) is 0.